The van der Waals surface area contributed by atoms with Gasteiger partial charge in [-0.15, -0.1) is 0 Å². The minimum atomic E-state index is -1.38. The molecule has 0 radical (unpaired) electrons. The van der Waals surface area contributed by atoms with Crippen molar-refractivity contribution in [2.24, 2.45) is 0 Å². The van der Waals surface area contributed by atoms with E-state index in [0.29, 0.717) is 17.3 Å². The fourth-order valence-corrected chi connectivity index (χ4v) is 4.09. The van der Waals surface area contributed by atoms with E-state index in [1.54, 1.807) is 6.20 Å². The predicted molar refractivity (Wildman–Crippen MR) is 134 cm³/mol. The first-order valence-electron chi connectivity index (χ1n) is 13.5. The molecule has 2 aromatic heterocycles. The highest BCUT2D eigenvalue weighted by atomic mass is 16.5. The lowest BCUT2D eigenvalue weighted by Crippen LogP contribution is -2.37. The summed E-state index contributed by atoms with van der Waals surface area (Å²) >= 11 is 0. The van der Waals surface area contributed by atoms with Gasteiger partial charge in [0.25, 0.3) is 0 Å². The van der Waals surface area contributed by atoms with Crippen LogP contribution in [0, 0.1) is 0 Å². The first kappa shape index (κ1) is 30.0. The molecular formula is C27H44N2O7. The summed E-state index contributed by atoms with van der Waals surface area (Å²) in [6.45, 7) is 3.61. The van der Waals surface area contributed by atoms with E-state index in [4.69, 9.17) is 13.6 Å². The molecule has 0 fully saturated rings. The number of hydrogen-bond acceptors (Lipinski definition) is 9. The largest absolute Gasteiger partial charge is 0.456 e. The van der Waals surface area contributed by atoms with E-state index in [1.165, 1.54) is 70.9 Å². The van der Waals surface area contributed by atoms with Crippen molar-refractivity contribution in [1.29, 1.82) is 0 Å². The smallest absolute Gasteiger partial charge is 0.306 e. The third-order valence-corrected chi connectivity index (χ3v) is 6.31. The monoisotopic (exact) mass is 508 g/mol. The van der Waals surface area contributed by atoms with Gasteiger partial charge in [-0.3, -0.25) is 4.79 Å². The van der Waals surface area contributed by atoms with Crippen LogP contribution < -0.4 is 0 Å². The number of aliphatic hydroxyl groups is 3. The van der Waals surface area contributed by atoms with Crippen LogP contribution in [0.3, 0.4) is 0 Å². The molecule has 2 rings (SSSR count). The van der Waals surface area contributed by atoms with Crippen molar-refractivity contribution >= 4 is 5.97 Å². The molecule has 0 aliphatic heterocycles. The van der Waals surface area contributed by atoms with Gasteiger partial charge in [-0.05, 0) is 13.3 Å². The van der Waals surface area contributed by atoms with Gasteiger partial charge in [-0.2, -0.15) is 0 Å². The summed E-state index contributed by atoms with van der Waals surface area (Å²) in [5.74, 6) is 0.520. The van der Waals surface area contributed by atoms with Crippen LogP contribution in [0.1, 0.15) is 121 Å². The molecule has 0 amide bonds. The van der Waals surface area contributed by atoms with Crippen LogP contribution in [-0.4, -0.2) is 49.6 Å². The van der Waals surface area contributed by atoms with Crippen LogP contribution in [0.15, 0.2) is 27.7 Å². The second kappa shape index (κ2) is 17.3. The molecule has 0 aliphatic carbocycles. The van der Waals surface area contributed by atoms with Crippen LogP contribution in [0.5, 0.6) is 0 Å². The van der Waals surface area contributed by atoms with Gasteiger partial charge in [-0.1, -0.05) is 71.1 Å². The molecule has 2 aromatic rings. The summed E-state index contributed by atoms with van der Waals surface area (Å²) in [4.78, 5) is 20.8. The number of esters is 1. The molecule has 9 nitrogen and oxygen atoms in total. The predicted octanol–water partition coefficient (Wildman–Crippen LogP) is 5.03. The number of unbranched alkanes of at least 4 members (excludes halogenated alkanes) is 10. The molecule has 0 aliphatic rings. The highest BCUT2D eigenvalue weighted by Crippen LogP contribution is 2.26. The number of nitrogens with zero attached hydrogens (tertiary/aromatic N) is 2. The van der Waals surface area contributed by atoms with Crippen LogP contribution in [-0.2, 0) is 16.0 Å². The second-order valence-corrected chi connectivity index (χ2v) is 9.61. The van der Waals surface area contributed by atoms with Crippen molar-refractivity contribution in [3.05, 3.63) is 36.2 Å². The molecule has 4 atom stereocenters. The van der Waals surface area contributed by atoms with E-state index < -0.39 is 30.4 Å². The van der Waals surface area contributed by atoms with Crippen LogP contribution >= 0.6 is 0 Å². The normalized spacial score (nSPS) is 14.9. The Morgan fingerprint density at radius 3 is 2.19 bits per heavy atom. The number of aliphatic hydroxyl groups excluding tert-OH is 3. The first-order chi connectivity index (χ1) is 17.4. The average Bonchev–Trinajstić information content (AvgIpc) is 3.54. The Labute approximate surface area is 214 Å². The van der Waals surface area contributed by atoms with Crippen LogP contribution in [0.2, 0.25) is 0 Å². The molecule has 0 unspecified atom stereocenters. The summed E-state index contributed by atoms with van der Waals surface area (Å²) < 4.78 is 16.3. The lowest BCUT2D eigenvalue weighted by atomic mass is 10.0. The molecule has 36 heavy (non-hydrogen) atoms. The summed E-state index contributed by atoms with van der Waals surface area (Å²) in [5.41, 5.74) is 0.327. The van der Waals surface area contributed by atoms with E-state index in [2.05, 4.69) is 16.9 Å². The zero-order valence-electron chi connectivity index (χ0n) is 21.8. The summed E-state index contributed by atoms with van der Waals surface area (Å²) in [7, 11) is 0. The molecule has 0 spiro atoms. The molecule has 0 bridgehead atoms. The maximum absolute atomic E-state index is 12.5. The number of ether oxygens (including phenoxy) is 1. The van der Waals surface area contributed by atoms with Gasteiger partial charge in [0.2, 0.25) is 5.89 Å². The third-order valence-electron chi connectivity index (χ3n) is 6.31. The minimum Gasteiger partial charge on any atom is -0.456 e. The summed E-state index contributed by atoms with van der Waals surface area (Å²) in [5, 5.41) is 30.0. The van der Waals surface area contributed by atoms with E-state index in [9.17, 15) is 20.1 Å². The Kier molecular flexibility index (Phi) is 14.4. The van der Waals surface area contributed by atoms with Gasteiger partial charge in [0, 0.05) is 12.8 Å². The van der Waals surface area contributed by atoms with Crippen molar-refractivity contribution in [2.75, 3.05) is 0 Å². The van der Waals surface area contributed by atoms with E-state index >= 15 is 0 Å². The van der Waals surface area contributed by atoms with Crippen LogP contribution in [0.4, 0.5) is 0 Å². The molecular weight excluding hydrogens is 464 g/mol. The van der Waals surface area contributed by atoms with E-state index in [1.807, 2.05) is 0 Å². The molecule has 0 saturated heterocycles. The zero-order valence-corrected chi connectivity index (χ0v) is 21.8. The van der Waals surface area contributed by atoms with Gasteiger partial charge in [0.1, 0.15) is 29.9 Å². The van der Waals surface area contributed by atoms with E-state index in [-0.39, 0.29) is 19.3 Å². The van der Waals surface area contributed by atoms with Gasteiger partial charge < -0.3 is 28.9 Å². The fraction of sp³-hybridized carbons (Fsp3) is 0.741. The molecule has 0 saturated carbocycles. The molecule has 2 heterocycles. The summed E-state index contributed by atoms with van der Waals surface area (Å²) in [6.07, 6.45) is 13.0. The molecule has 204 valence electrons. The fourth-order valence-electron chi connectivity index (χ4n) is 4.09. The number of rotatable bonds is 20. The Balaban J connectivity index is 1.78. The van der Waals surface area contributed by atoms with Crippen molar-refractivity contribution in [3.8, 4) is 0 Å². The second-order valence-electron chi connectivity index (χ2n) is 9.61. The van der Waals surface area contributed by atoms with Crippen LogP contribution in [0.25, 0.3) is 0 Å². The maximum Gasteiger partial charge on any atom is 0.306 e. The van der Waals surface area contributed by atoms with E-state index in [0.717, 1.165) is 19.3 Å². The standard InChI is InChI=1S/C27H44N2O7/c1-3-4-5-6-7-8-9-10-11-12-13-14-26(32)36-24(16-23(31)27(33)20(2)30)22-18-34-25(29-22)15-21-17-28-19-35-21/h17-20,23-24,27,30-31,33H,3-16H2,1-2H3/t20-,23-,24+,27+/m0/s1. The lowest BCUT2D eigenvalue weighted by molar-refractivity contribution is -0.153. The third kappa shape index (κ3) is 11.7. The molecule has 9 heteroatoms. The Bertz CT molecular complexity index is 822. The highest BCUT2D eigenvalue weighted by Gasteiger charge is 2.29. The number of aromatic nitrogens is 2. The summed E-state index contributed by atoms with van der Waals surface area (Å²) in [6, 6.07) is 0. The number of carbonyl (C=O) groups excluding carboxylic acids is 1. The zero-order chi connectivity index (χ0) is 26.2. The van der Waals surface area contributed by atoms with Gasteiger partial charge >= 0.3 is 5.97 Å². The Morgan fingerprint density at radius 1 is 0.972 bits per heavy atom. The number of hydrogen-bond donors (Lipinski definition) is 3. The van der Waals surface area contributed by atoms with Crippen molar-refractivity contribution in [3.63, 3.8) is 0 Å². The minimum absolute atomic E-state index is 0.121. The van der Waals surface area contributed by atoms with Crippen molar-refractivity contribution < 1.29 is 33.7 Å². The first-order valence-corrected chi connectivity index (χ1v) is 13.5. The van der Waals surface area contributed by atoms with Gasteiger partial charge in [0.15, 0.2) is 6.39 Å². The van der Waals surface area contributed by atoms with Gasteiger partial charge in [-0.25, -0.2) is 9.97 Å². The molecule has 3 N–H and O–H groups in total. The topological polar surface area (TPSA) is 139 Å². The maximum atomic E-state index is 12.5. The SMILES string of the molecule is CCCCCCCCCCCCCC(=O)O[C@H](C[C@H](O)[C@H](O)[C@H](C)O)c1coc(Cc2cnco2)n1. The lowest BCUT2D eigenvalue weighted by Gasteiger charge is -2.24. The number of oxazole rings is 2. The quantitative estimate of drug-likeness (QED) is 0.166. The number of carbonyl (C=O) groups is 1. The Hall–Kier alpha value is -2.23. The van der Waals surface area contributed by atoms with Crippen molar-refractivity contribution in [2.45, 2.75) is 128 Å². The molecule has 0 aromatic carbocycles. The highest BCUT2D eigenvalue weighted by molar-refractivity contribution is 5.69. The Morgan fingerprint density at radius 2 is 1.61 bits per heavy atom. The van der Waals surface area contributed by atoms with Gasteiger partial charge in [0.05, 0.1) is 24.8 Å². The van der Waals surface area contributed by atoms with Crippen molar-refractivity contribution in [1.82, 2.24) is 9.97 Å². The average molecular weight is 509 g/mol.